The van der Waals surface area contributed by atoms with Crippen molar-refractivity contribution >= 4 is 33.4 Å². The Hall–Kier alpha value is -3.38. The van der Waals surface area contributed by atoms with Gasteiger partial charge in [-0.1, -0.05) is 50.3 Å². The number of hydrogen-bond donors (Lipinski definition) is 3. The van der Waals surface area contributed by atoms with Gasteiger partial charge in [0.25, 0.3) is 15.9 Å². The number of nitrogens with two attached hydrogens (primary N) is 1. The van der Waals surface area contributed by atoms with Gasteiger partial charge in [-0.3, -0.25) is 14.4 Å². The first-order chi connectivity index (χ1) is 21.6. The fraction of sp³-hybridized carbons (Fsp3) is 0.545. The largest absolute Gasteiger partial charge is 0.330 e. The summed E-state index contributed by atoms with van der Waals surface area (Å²) in [7, 11) is -4.21. The number of nitrogens with zero attached hydrogens (tertiary/aromatic N) is 1. The third-order valence-electron chi connectivity index (χ3n) is 9.92. The van der Waals surface area contributed by atoms with Crippen LogP contribution in [-0.2, 0) is 19.6 Å². The van der Waals surface area contributed by atoms with Crippen molar-refractivity contribution in [3.63, 3.8) is 0 Å². The molecule has 2 aromatic carbocycles. The fourth-order valence-electron chi connectivity index (χ4n) is 7.44. The van der Waals surface area contributed by atoms with E-state index >= 15 is 4.39 Å². The van der Waals surface area contributed by atoms with Crippen LogP contribution < -0.4 is 15.8 Å². The molecular formula is C33H42F2N4O5S. The smallest absolute Gasteiger partial charge is 0.267 e. The van der Waals surface area contributed by atoms with Crippen molar-refractivity contribution in [2.45, 2.75) is 81.2 Å². The Labute approximate surface area is 263 Å². The van der Waals surface area contributed by atoms with Crippen LogP contribution in [0.15, 0.2) is 53.4 Å². The van der Waals surface area contributed by atoms with Crippen molar-refractivity contribution in [3.05, 3.63) is 59.9 Å². The zero-order valence-electron chi connectivity index (χ0n) is 25.3. The Morgan fingerprint density at radius 1 is 0.933 bits per heavy atom. The Morgan fingerprint density at radius 3 is 2.27 bits per heavy atom. The standard InChI is InChI=1S/C33H42F2N4O5S/c34-20-29(36)22-11-13-23(14-12-22)33(42)39-18-17-26(21-7-3-1-4-8-21)30(39)32(41)37-24-15-16-27(28(35)19-24)31(40)38-45(43,44)25-9-5-2-6-10-25/h2,5-6,9-10,15-16,19,21-23,26,29-30H,1,3-4,7-8,11-14,17-18,20,36H2,(H,37,41)(H,38,40)/t22?,23?,26-,29+,30-/m0/s1. The SMILES string of the molecule is N[C@H](CF)C1CCC(C(=O)N2CC[C@@H](C3CCCCC3)[C@H]2C(=O)Nc2ccc(C(=O)NS(=O)(=O)c3ccccc3)c(F)c2)CC1. The molecule has 2 aromatic rings. The number of hydrogen-bond acceptors (Lipinski definition) is 6. The van der Waals surface area contributed by atoms with Gasteiger partial charge in [-0.25, -0.2) is 21.9 Å². The molecule has 1 saturated heterocycles. The van der Waals surface area contributed by atoms with Gasteiger partial charge in [-0.2, -0.15) is 0 Å². The molecule has 45 heavy (non-hydrogen) atoms. The third kappa shape index (κ3) is 7.54. The van der Waals surface area contributed by atoms with Crippen LogP contribution in [0.2, 0.25) is 0 Å². The minimum Gasteiger partial charge on any atom is -0.330 e. The highest BCUT2D eigenvalue weighted by Crippen LogP contribution is 2.41. The van der Waals surface area contributed by atoms with E-state index in [2.05, 4.69) is 5.32 Å². The molecule has 9 nitrogen and oxygen atoms in total. The predicted octanol–water partition coefficient (Wildman–Crippen LogP) is 4.78. The summed E-state index contributed by atoms with van der Waals surface area (Å²) in [5.74, 6) is -2.54. The monoisotopic (exact) mass is 644 g/mol. The second kappa shape index (κ2) is 14.4. The quantitative estimate of drug-likeness (QED) is 0.359. The molecule has 1 heterocycles. The van der Waals surface area contributed by atoms with Gasteiger partial charge in [0.05, 0.1) is 10.5 Å². The lowest BCUT2D eigenvalue weighted by Crippen LogP contribution is -2.50. The summed E-state index contributed by atoms with van der Waals surface area (Å²) < 4.78 is 55.2. The minimum atomic E-state index is -4.21. The first-order valence-corrected chi connectivity index (χ1v) is 17.4. The fourth-order valence-corrected chi connectivity index (χ4v) is 8.43. The Bertz CT molecular complexity index is 1480. The topological polar surface area (TPSA) is 139 Å². The average Bonchev–Trinajstić information content (AvgIpc) is 3.50. The van der Waals surface area contributed by atoms with E-state index < -0.39 is 52.0 Å². The summed E-state index contributed by atoms with van der Waals surface area (Å²) in [4.78, 5) is 41.9. The normalized spacial score (nSPS) is 25.0. The molecule has 0 unspecified atom stereocenters. The van der Waals surface area contributed by atoms with E-state index in [1.807, 2.05) is 4.72 Å². The van der Waals surface area contributed by atoms with Gasteiger partial charge in [0.15, 0.2) is 0 Å². The second-order valence-corrected chi connectivity index (χ2v) is 14.4. The molecule has 3 fully saturated rings. The number of anilines is 1. The Balaban J connectivity index is 1.30. The van der Waals surface area contributed by atoms with Crippen LogP contribution in [-0.4, -0.2) is 56.3 Å². The van der Waals surface area contributed by atoms with Gasteiger partial charge in [-0.15, -0.1) is 0 Å². The van der Waals surface area contributed by atoms with Gasteiger partial charge in [-0.05, 0) is 80.2 Å². The van der Waals surface area contributed by atoms with Gasteiger partial charge >= 0.3 is 0 Å². The molecule has 3 atom stereocenters. The first-order valence-electron chi connectivity index (χ1n) is 15.9. The van der Waals surface area contributed by atoms with Crippen molar-refractivity contribution in [1.82, 2.24) is 9.62 Å². The summed E-state index contributed by atoms with van der Waals surface area (Å²) in [6.07, 6.45) is 8.55. The molecule has 3 amide bonds. The number of amides is 3. The maximum absolute atomic E-state index is 15.1. The highest BCUT2D eigenvalue weighted by Gasteiger charge is 2.47. The number of carbonyl (C=O) groups is 3. The van der Waals surface area contributed by atoms with Crippen LogP contribution >= 0.6 is 0 Å². The van der Waals surface area contributed by atoms with E-state index in [-0.39, 0.29) is 34.2 Å². The highest BCUT2D eigenvalue weighted by atomic mass is 32.2. The lowest BCUT2D eigenvalue weighted by atomic mass is 9.76. The van der Waals surface area contributed by atoms with Crippen LogP contribution in [0.3, 0.4) is 0 Å². The number of benzene rings is 2. The van der Waals surface area contributed by atoms with Crippen molar-refractivity contribution in [1.29, 1.82) is 0 Å². The molecule has 0 spiro atoms. The van der Waals surface area contributed by atoms with E-state index in [1.54, 1.807) is 11.0 Å². The van der Waals surface area contributed by atoms with Crippen LogP contribution in [0.25, 0.3) is 0 Å². The van der Waals surface area contributed by atoms with E-state index in [4.69, 9.17) is 5.73 Å². The summed E-state index contributed by atoms with van der Waals surface area (Å²) in [6.45, 7) is -0.120. The molecule has 2 saturated carbocycles. The van der Waals surface area contributed by atoms with E-state index in [0.717, 1.165) is 44.2 Å². The molecular weight excluding hydrogens is 602 g/mol. The molecule has 244 valence electrons. The van der Waals surface area contributed by atoms with Crippen LogP contribution in [0.1, 0.15) is 74.6 Å². The number of sulfonamides is 1. The lowest BCUT2D eigenvalue weighted by molar-refractivity contribution is -0.142. The van der Waals surface area contributed by atoms with Crippen molar-refractivity contribution in [2.75, 3.05) is 18.5 Å². The number of halogens is 2. The summed E-state index contributed by atoms with van der Waals surface area (Å²) >= 11 is 0. The maximum atomic E-state index is 15.1. The molecule has 5 rings (SSSR count). The van der Waals surface area contributed by atoms with Gasteiger partial charge < -0.3 is 16.0 Å². The third-order valence-corrected chi connectivity index (χ3v) is 11.3. The number of rotatable bonds is 9. The molecule has 3 aliphatic rings. The maximum Gasteiger partial charge on any atom is 0.267 e. The van der Waals surface area contributed by atoms with Gasteiger partial charge in [0, 0.05) is 24.2 Å². The van der Waals surface area contributed by atoms with Gasteiger partial charge in [0.1, 0.15) is 18.5 Å². The minimum absolute atomic E-state index is 0.0244. The van der Waals surface area contributed by atoms with E-state index in [9.17, 15) is 27.2 Å². The zero-order chi connectivity index (χ0) is 32.1. The zero-order valence-corrected chi connectivity index (χ0v) is 26.1. The molecule has 1 aliphatic heterocycles. The number of carbonyl (C=O) groups excluding carboxylic acids is 3. The van der Waals surface area contributed by atoms with Crippen molar-refractivity contribution in [3.8, 4) is 0 Å². The number of likely N-dealkylation sites (tertiary alicyclic amines) is 1. The Kier molecular flexibility index (Phi) is 10.5. The summed E-state index contributed by atoms with van der Waals surface area (Å²) in [6, 6.07) is 9.48. The molecule has 12 heteroatoms. The number of nitrogens with one attached hydrogen (secondary N) is 2. The lowest BCUT2D eigenvalue weighted by Gasteiger charge is -2.36. The highest BCUT2D eigenvalue weighted by molar-refractivity contribution is 7.90. The number of alkyl halides is 1. The average molecular weight is 645 g/mol. The van der Waals surface area contributed by atoms with Crippen LogP contribution in [0.5, 0.6) is 0 Å². The van der Waals surface area contributed by atoms with Crippen LogP contribution in [0.4, 0.5) is 14.5 Å². The predicted molar refractivity (Wildman–Crippen MR) is 166 cm³/mol. The molecule has 4 N–H and O–H groups in total. The molecule has 2 aliphatic carbocycles. The molecule has 0 radical (unpaired) electrons. The summed E-state index contributed by atoms with van der Waals surface area (Å²) in [5, 5.41) is 2.77. The Morgan fingerprint density at radius 2 is 1.62 bits per heavy atom. The summed E-state index contributed by atoms with van der Waals surface area (Å²) in [5.41, 5.74) is 5.52. The van der Waals surface area contributed by atoms with Crippen LogP contribution in [0, 0.1) is 29.5 Å². The molecule has 0 aromatic heterocycles. The van der Waals surface area contributed by atoms with E-state index in [0.29, 0.717) is 44.6 Å². The first kappa shape index (κ1) is 33.0. The second-order valence-electron chi connectivity index (χ2n) is 12.7. The van der Waals surface area contributed by atoms with Crippen molar-refractivity contribution in [2.24, 2.45) is 29.4 Å². The molecule has 0 bridgehead atoms. The van der Waals surface area contributed by atoms with Crippen molar-refractivity contribution < 1.29 is 31.6 Å². The van der Waals surface area contributed by atoms with E-state index in [1.165, 1.54) is 30.3 Å². The van der Waals surface area contributed by atoms with Gasteiger partial charge in [0.2, 0.25) is 11.8 Å².